The normalized spacial score (nSPS) is 11.5. The molecule has 0 aliphatic rings. The monoisotopic (exact) mass is 454 g/mol. The zero-order valence-corrected chi connectivity index (χ0v) is 21.0. The number of unbranched alkanes of at least 4 members (excludes halogenated alkanes) is 16. The predicted octanol–water partition coefficient (Wildman–Crippen LogP) is 8.29. The predicted molar refractivity (Wildman–Crippen MR) is 132 cm³/mol. The van der Waals surface area contributed by atoms with Gasteiger partial charge >= 0.3 is 8.25 Å². The summed E-state index contributed by atoms with van der Waals surface area (Å²) in [5.41, 5.74) is 0. The first kappa shape index (κ1) is 28.9. The quantitative estimate of drug-likeness (QED) is 0.0874. The molecule has 0 spiro atoms. The van der Waals surface area contributed by atoms with Gasteiger partial charge in [0.05, 0.1) is 13.2 Å². The SMILES string of the molecule is O=[PH](OCCCCCCCCCCCS)OCCCCCCCCCCCS. The second-order valence-corrected chi connectivity index (χ2v) is 9.73. The molecule has 0 atom stereocenters. The minimum Gasteiger partial charge on any atom is -0.311 e. The van der Waals surface area contributed by atoms with Gasteiger partial charge in [0, 0.05) is 0 Å². The van der Waals surface area contributed by atoms with Crippen LogP contribution < -0.4 is 0 Å². The number of thiol groups is 2. The van der Waals surface area contributed by atoms with Crippen LogP contribution in [0.1, 0.15) is 116 Å². The van der Waals surface area contributed by atoms with Crippen molar-refractivity contribution in [2.24, 2.45) is 0 Å². The lowest BCUT2D eigenvalue weighted by atomic mass is 10.1. The summed E-state index contributed by atoms with van der Waals surface area (Å²) >= 11 is 8.47. The lowest BCUT2D eigenvalue weighted by molar-refractivity contribution is 0.218. The second-order valence-electron chi connectivity index (χ2n) is 7.76. The van der Waals surface area contributed by atoms with Gasteiger partial charge in [0.25, 0.3) is 0 Å². The summed E-state index contributed by atoms with van der Waals surface area (Å²) in [5, 5.41) is 0. The highest BCUT2D eigenvalue weighted by atomic mass is 32.1. The lowest BCUT2D eigenvalue weighted by Crippen LogP contribution is -1.92. The van der Waals surface area contributed by atoms with E-state index in [9.17, 15) is 4.57 Å². The Kier molecular flexibility index (Phi) is 26.7. The Morgan fingerprint density at radius 3 is 0.964 bits per heavy atom. The molecule has 3 nitrogen and oxygen atoms in total. The van der Waals surface area contributed by atoms with Gasteiger partial charge in [-0.25, -0.2) is 0 Å². The molecule has 0 heterocycles. The smallest absolute Gasteiger partial charge is 0.311 e. The fourth-order valence-corrected chi connectivity index (χ4v) is 4.41. The summed E-state index contributed by atoms with van der Waals surface area (Å²) in [6, 6.07) is 0. The molecule has 0 fully saturated rings. The molecule has 6 heteroatoms. The van der Waals surface area contributed by atoms with E-state index in [4.69, 9.17) is 9.05 Å². The third-order valence-corrected chi connectivity index (χ3v) is 6.56. The number of hydrogen-bond donors (Lipinski definition) is 2. The highest BCUT2D eigenvalue weighted by Gasteiger charge is 2.00. The van der Waals surface area contributed by atoms with Crippen LogP contribution in [0, 0.1) is 0 Å². The first-order valence-corrected chi connectivity index (χ1v) is 14.3. The molecule has 0 aromatic heterocycles. The zero-order chi connectivity index (χ0) is 20.5. The van der Waals surface area contributed by atoms with Gasteiger partial charge in [0.2, 0.25) is 0 Å². The fourth-order valence-electron chi connectivity index (χ4n) is 3.26. The van der Waals surface area contributed by atoms with E-state index < -0.39 is 8.25 Å². The Morgan fingerprint density at radius 1 is 0.429 bits per heavy atom. The highest BCUT2D eigenvalue weighted by Crippen LogP contribution is 2.25. The first-order valence-electron chi connectivity index (χ1n) is 11.8. The van der Waals surface area contributed by atoms with Crippen molar-refractivity contribution in [1.29, 1.82) is 0 Å². The molecule has 0 saturated heterocycles. The number of rotatable bonds is 24. The maximum atomic E-state index is 11.7. The molecule has 0 bridgehead atoms. The first-order chi connectivity index (χ1) is 13.8. The van der Waals surface area contributed by atoms with Crippen LogP contribution in [-0.4, -0.2) is 24.7 Å². The Balaban J connectivity index is 3.13. The van der Waals surface area contributed by atoms with Gasteiger partial charge in [-0.15, -0.1) is 0 Å². The molecular weight excluding hydrogens is 407 g/mol. The van der Waals surface area contributed by atoms with Crippen molar-refractivity contribution < 1.29 is 13.6 Å². The molecule has 0 saturated carbocycles. The summed E-state index contributed by atoms with van der Waals surface area (Å²) in [6.45, 7) is 1.15. The van der Waals surface area contributed by atoms with Crippen LogP contribution in [0.4, 0.5) is 0 Å². The van der Waals surface area contributed by atoms with Gasteiger partial charge in [0.15, 0.2) is 0 Å². The van der Waals surface area contributed by atoms with E-state index >= 15 is 0 Å². The lowest BCUT2D eigenvalue weighted by Gasteiger charge is -2.06. The van der Waals surface area contributed by atoms with Crippen molar-refractivity contribution in [1.82, 2.24) is 0 Å². The van der Waals surface area contributed by atoms with Crippen LogP contribution >= 0.6 is 33.5 Å². The van der Waals surface area contributed by atoms with Crippen LogP contribution in [0.15, 0.2) is 0 Å². The molecule has 0 aliphatic carbocycles. The van der Waals surface area contributed by atoms with Crippen LogP contribution in [0.25, 0.3) is 0 Å². The van der Waals surface area contributed by atoms with E-state index in [-0.39, 0.29) is 0 Å². The summed E-state index contributed by atoms with van der Waals surface area (Å²) in [4.78, 5) is 0. The third kappa shape index (κ3) is 24.9. The molecule has 0 amide bonds. The molecule has 0 aromatic carbocycles. The Hall–Kier alpha value is 0.850. The fraction of sp³-hybridized carbons (Fsp3) is 1.00. The van der Waals surface area contributed by atoms with Crippen molar-refractivity contribution in [2.45, 2.75) is 116 Å². The van der Waals surface area contributed by atoms with E-state index in [2.05, 4.69) is 25.3 Å². The van der Waals surface area contributed by atoms with Crippen LogP contribution in [0.2, 0.25) is 0 Å². The largest absolute Gasteiger partial charge is 0.319 e. The molecule has 170 valence electrons. The molecule has 28 heavy (non-hydrogen) atoms. The van der Waals surface area contributed by atoms with Gasteiger partial charge in [-0.1, -0.05) is 89.9 Å². The summed E-state index contributed by atoms with van der Waals surface area (Å²) in [6.07, 6.45) is 22.7. The topological polar surface area (TPSA) is 35.5 Å². The van der Waals surface area contributed by atoms with Crippen molar-refractivity contribution in [3.63, 3.8) is 0 Å². The highest BCUT2D eigenvalue weighted by molar-refractivity contribution is 7.80. The maximum Gasteiger partial charge on any atom is 0.319 e. The molecular formula is C22H47O3PS2. The molecule has 0 radical (unpaired) electrons. The summed E-state index contributed by atoms with van der Waals surface area (Å²) in [7, 11) is -2.27. The molecule has 0 rings (SSSR count). The van der Waals surface area contributed by atoms with Gasteiger partial charge in [0.1, 0.15) is 0 Å². The van der Waals surface area contributed by atoms with Crippen molar-refractivity contribution in [3.05, 3.63) is 0 Å². The molecule has 0 N–H and O–H groups in total. The van der Waals surface area contributed by atoms with Gasteiger partial charge < -0.3 is 9.05 Å². The average molecular weight is 455 g/mol. The van der Waals surface area contributed by atoms with Crippen molar-refractivity contribution in [3.8, 4) is 0 Å². The van der Waals surface area contributed by atoms with E-state index in [1.807, 2.05) is 0 Å². The van der Waals surface area contributed by atoms with Gasteiger partial charge in [-0.2, -0.15) is 25.3 Å². The van der Waals surface area contributed by atoms with Crippen molar-refractivity contribution >= 4 is 33.5 Å². The van der Waals surface area contributed by atoms with Crippen LogP contribution in [0.3, 0.4) is 0 Å². The second kappa shape index (κ2) is 25.9. The summed E-state index contributed by atoms with van der Waals surface area (Å²) < 4.78 is 22.3. The van der Waals surface area contributed by atoms with E-state index in [1.54, 1.807) is 0 Å². The van der Waals surface area contributed by atoms with E-state index in [0.29, 0.717) is 13.2 Å². The van der Waals surface area contributed by atoms with Crippen LogP contribution in [-0.2, 0) is 13.6 Å². The Morgan fingerprint density at radius 2 is 0.679 bits per heavy atom. The third-order valence-electron chi connectivity index (χ3n) is 5.04. The summed E-state index contributed by atoms with van der Waals surface area (Å²) in [5.74, 6) is 2.04. The van der Waals surface area contributed by atoms with Crippen molar-refractivity contribution in [2.75, 3.05) is 24.7 Å². The van der Waals surface area contributed by atoms with E-state index in [0.717, 1.165) is 24.3 Å². The Labute approximate surface area is 187 Å². The average Bonchev–Trinajstić information content (AvgIpc) is 2.70. The zero-order valence-electron chi connectivity index (χ0n) is 18.2. The molecule has 0 aliphatic heterocycles. The standard InChI is InChI=1S/C22H47O3PS2/c23-26(24-19-15-11-7-3-1-5-9-13-17-21-27)25-20-16-12-8-4-2-6-10-14-18-22-28/h26-28H,1-22H2. The van der Waals surface area contributed by atoms with Gasteiger partial charge in [-0.05, 0) is 37.2 Å². The van der Waals surface area contributed by atoms with Gasteiger partial charge in [-0.3, -0.25) is 4.57 Å². The van der Waals surface area contributed by atoms with Crippen LogP contribution in [0.5, 0.6) is 0 Å². The number of hydrogen-bond acceptors (Lipinski definition) is 5. The maximum absolute atomic E-state index is 11.7. The molecule has 0 aromatic rings. The Bertz CT molecular complexity index is 292. The van der Waals surface area contributed by atoms with E-state index in [1.165, 1.54) is 103 Å². The minimum atomic E-state index is -2.27. The molecule has 0 unspecified atom stereocenters. The minimum absolute atomic E-state index is 0.576.